The van der Waals surface area contributed by atoms with E-state index in [1.54, 1.807) is 11.3 Å². The van der Waals surface area contributed by atoms with Crippen molar-refractivity contribution in [3.63, 3.8) is 0 Å². The molecule has 1 N–H and O–H groups in total. The van der Waals surface area contributed by atoms with Crippen molar-refractivity contribution in [3.8, 4) is 0 Å². The van der Waals surface area contributed by atoms with Crippen LogP contribution in [0.25, 0.3) is 0 Å². The van der Waals surface area contributed by atoms with Crippen LogP contribution in [0.15, 0.2) is 30.5 Å². The fourth-order valence-electron chi connectivity index (χ4n) is 3.99. The van der Waals surface area contributed by atoms with Crippen LogP contribution >= 0.6 is 11.3 Å². The highest BCUT2D eigenvalue weighted by atomic mass is 32.1. The van der Waals surface area contributed by atoms with Crippen LogP contribution < -0.4 is 10.2 Å². The Hall–Kier alpha value is -1.64. The van der Waals surface area contributed by atoms with Gasteiger partial charge in [0.2, 0.25) is 0 Å². The molecule has 0 aliphatic carbocycles. The third-order valence-electron chi connectivity index (χ3n) is 5.40. The molecule has 0 radical (unpaired) electrons. The molecule has 2 fully saturated rings. The molecule has 146 valence electrons. The second-order valence-corrected chi connectivity index (χ2v) is 8.66. The molecule has 0 saturated carbocycles. The van der Waals surface area contributed by atoms with Crippen LogP contribution in [0.4, 0.5) is 19.0 Å². The summed E-state index contributed by atoms with van der Waals surface area (Å²) in [7, 11) is 0. The summed E-state index contributed by atoms with van der Waals surface area (Å²) in [5.41, 5.74) is -0.694. The van der Waals surface area contributed by atoms with Gasteiger partial charge in [-0.1, -0.05) is 0 Å². The lowest BCUT2D eigenvalue weighted by molar-refractivity contribution is -0.137. The van der Waals surface area contributed by atoms with Crippen molar-refractivity contribution in [1.29, 1.82) is 0 Å². The minimum Gasteiger partial charge on any atom is -0.351 e. The van der Waals surface area contributed by atoms with E-state index in [0.29, 0.717) is 17.9 Å². The number of thiophene rings is 1. The predicted octanol–water partition coefficient (Wildman–Crippen LogP) is 3.52. The number of anilines is 1. The van der Waals surface area contributed by atoms with Gasteiger partial charge in [-0.05, 0) is 37.6 Å². The molecule has 2 aliphatic rings. The van der Waals surface area contributed by atoms with Crippen molar-refractivity contribution < 1.29 is 13.2 Å². The van der Waals surface area contributed by atoms with E-state index < -0.39 is 11.7 Å². The van der Waals surface area contributed by atoms with Gasteiger partial charge in [0.15, 0.2) is 0 Å². The number of aromatic nitrogens is 1. The summed E-state index contributed by atoms with van der Waals surface area (Å²) < 4.78 is 38.4. The molecule has 3 atom stereocenters. The van der Waals surface area contributed by atoms with E-state index in [1.807, 2.05) is 0 Å². The lowest BCUT2D eigenvalue weighted by Crippen LogP contribution is -2.56. The monoisotopic (exact) mass is 396 g/mol. The zero-order valence-electron chi connectivity index (χ0n) is 15.2. The SMILES string of the molecule is Cc1ccc(CNC[C@H]2CN(c3ccc(C(F)(F)F)cn3)[C@H]3CCN2C3)s1. The van der Waals surface area contributed by atoms with Crippen molar-refractivity contribution >= 4 is 17.2 Å². The van der Waals surface area contributed by atoms with Gasteiger partial charge in [-0.15, -0.1) is 11.3 Å². The van der Waals surface area contributed by atoms with Gasteiger partial charge in [0.25, 0.3) is 0 Å². The summed E-state index contributed by atoms with van der Waals surface area (Å²) in [5, 5.41) is 3.54. The maximum atomic E-state index is 12.8. The molecule has 2 aromatic heterocycles. The van der Waals surface area contributed by atoms with E-state index >= 15 is 0 Å². The van der Waals surface area contributed by atoms with Crippen molar-refractivity contribution in [2.75, 3.05) is 31.1 Å². The quantitative estimate of drug-likeness (QED) is 0.838. The maximum Gasteiger partial charge on any atom is 0.417 e. The van der Waals surface area contributed by atoms with E-state index in [4.69, 9.17) is 0 Å². The third kappa shape index (κ3) is 4.12. The van der Waals surface area contributed by atoms with Crippen molar-refractivity contribution in [3.05, 3.63) is 45.8 Å². The Bertz CT molecular complexity index is 774. The predicted molar refractivity (Wildman–Crippen MR) is 101 cm³/mol. The number of halogens is 3. The highest BCUT2D eigenvalue weighted by molar-refractivity contribution is 7.11. The molecule has 0 aromatic carbocycles. The summed E-state index contributed by atoms with van der Waals surface area (Å²) in [6, 6.07) is 7.61. The maximum absolute atomic E-state index is 12.8. The summed E-state index contributed by atoms with van der Waals surface area (Å²) in [6.45, 7) is 6.60. The number of hydrogen-bond donors (Lipinski definition) is 1. The first-order valence-electron chi connectivity index (χ1n) is 9.20. The number of pyridine rings is 1. The summed E-state index contributed by atoms with van der Waals surface area (Å²) in [5.74, 6) is 0.647. The minimum atomic E-state index is -4.34. The Labute approximate surface area is 161 Å². The standard InChI is InChI=1S/C19H23F3N4S/c1-13-2-4-17(27-13)10-23-9-16-12-26(15-6-7-25(16)11-15)18-5-3-14(8-24-18)19(20,21)22/h2-5,8,15-16,23H,6-7,9-12H2,1H3/t15-,16-/m0/s1. The lowest BCUT2D eigenvalue weighted by Gasteiger charge is -2.41. The number of rotatable bonds is 5. The number of piperazine rings is 1. The van der Waals surface area contributed by atoms with Crippen molar-refractivity contribution in [1.82, 2.24) is 15.2 Å². The molecule has 4 nitrogen and oxygen atoms in total. The Balaban J connectivity index is 1.40. The molecule has 1 unspecified atom stereocenters. The van der Waals surface area contributed by atoms with Gasteiger partial charge in [0.05, 0.1) is 5.56 Å². The average Bonchev–Trinajstić information content (AvgIpc) is 3.23. The fourth-order valence-corrected chi connectivity index (χ4v) is 4.85. The average molecular weight is 396 g/mol. The number of nitrogens with zero attached hydrogens (tertiary/aromatic N) is 3. The molecular weight excluding hydrogens is 373 g/mol. The minimum absolute atomic E-state index is 0.338. The summed E-state index contributed by atoms with van der Waals surface area (Å²) >= 11 is 1.80. The number of fused-ring (bicyclic) bond motifs is 2. The Morgan fingerprint density at radius 3 is 2.74 bits per heavy atom. The summed E-state index contributed by atoms with van der Waals surface area (Å²) in [6.07, 6.45) is -2.36. The number of alkyl halides is 3. The first-order valence-corrected chi connectivity index (χ1v) is 10.0. The first kappa shape index (κ1) is 18.7. The zero-order chi connectivity index (χ0) is 19.0. The van der Waals surface area contributed by atoms with Crippen LogP contribution in [0.1, 0.15) is 21.7 Å². The molecule has 4 rings (SSSR count). The van der Waals surface area contributed by atoms with E-state index in [2.05, 4.69) is 39.2 Å². The first-order chi connectivity index (χ1) is 12.9. The molecule has 2 saturated heterocycles. The normalized spacial score (nSPS) is 25.2. The second-order valence-electron chi connectivity index (χ2n) is 7.29. The van der Waals surface area contributed by atoms with Gasteiger partial charge in [-0.2, -0.15) is 13.2 Å². The van der Waals surface area contributed by atoms with Gasteiger partial charge in [0.1, 0.15) is 5.82 Å². The van der Waals surface area contributed by atoms with E-state index in [0.717, 1.165) is 51.4 Å². The molecular formula is C19H23F3N4S. The molecule has 4 heterocycles. The number of nitrogens with one attached hydrogen (secondary N) is 1. The molecule has 2 bridgehead atoms. The van der Waals surface area contributed by atoms with Crippen LogP contribution in [0.2, 0.25) is 0 Å². The Morgan fingerprint density at radius 1 is 1.22 bits per heavy atom. The van der Waals surface area contributed by atoms with Gasteiger partial charge in [0, 0.05) is 60.8 Å². The van der Waals surface area contributed by atoms with E-state index in [9.17, 15) is 13.2 Å². The van der Waals surface area contributed by atoms with Crippen LogP contribution in [-0.4, -0.2) is 48.1 Å². The molecule has 2 aliphatic heterocycles. The third-order valence-corrected chi connectivity index (χ3v) is 6.40. The zero-order valence-corrected chi connectivity index (χ0v) is 16.0. The van der Waals surface area contributed by atoms with Gasteiger partial charge >= 0.3 is 6.18 Å². The van der Waals surface area contributed by atoms with Crippen LogP contribution in [-0.2, 0) is 12.7 Å². The molecule has 27 heavy (non-hydrogen) atoms. The van der Waals surface area contributed by atoms with E-state index in [-0.39, 0.29) is 0 Å². The smallest absolute Gasteiger partial charge is 0.351 e. The Kier molecular flexibility index (Phi) is 5.13. The molecule has 0 amide bonds. The summed E-state index contributed by atoms with van der Waals surface area (Å²) in [4.78, 5) is 11.4. The highest BCUT2D eigenvalue weighted by Gasteiger charge is 2.39. The van der Waals surface area contributed by atoms with E-state index in [1.165, 1.54) is 15.8 Å². The highest BCUT2D eigenvalue weighted by Crippen LogP contribution is 2.32. The molecule has 8 heteroatoms. The Morgan fingerprint density at radius 2 is 2.07 bits per heavy atom. The number of aryl methyl sites for hydroxylation is 1. The largest absolute Gasteiger partial charge is 0.417 e. The van der Waals surface area contributed by atoms with Gasteiger partial charge < -0.3 is 10.2 Å². The second kappa shape index (κ2) is 7.41. The van der Waals surface area contributed by atoms with Crippen LogP contribution in [0.3, 0.4) is 0 Å². The molecule has 0 spiro atoms. The number of hydrogen-bond acceptors (Lipinski definition) is 5. The van der Waals surface area contributed by atoms with Crippen molar-refractivity contribution in [2.45, 2.75) is 38.1 Å². The topological polar surface area (TPSA) is 31.4 Å². The van der Waals surface area contributed by atoms with Crippen LogP contribution in [0.5, 0.6) is 0 Å². The molecule has 2 aromatic rings. The van der Waals surface area contributed by atoms with Gasteiger partial charge in [-0.25, -0.2) is 4.98 Å². The fraction of sp³-hybridized carbons (Fsp3) is 0.526. The van der Waals surface area contributed by atoms with Crippen LogP contribution in [0, 0.1) is 6.92 Å². The van der Waals surface area contributed by atoms with Gasteiger partial charge in [-0.3, -0.25) is 4.90 Å². The van der Waals surface area contributed by atoms with Crippen molar-refractivity contribution in [2.24, 2.45) is 0 Å². The lowest BCUT2D eigenvalue weighted by atomic mass is 10.1.